The second-order valence-corrected chi connectivity index (χ2v) is 4.72. The second kappa shape index (κ2) is 5.55. The summed E-state index contributed by atoms with van der Waals surface area (Å²) in [4.78, 5) is 12.1. The Hall–Kier alpha value is -1.32. The molecule has 0 N–H and O–H groups in total. The van der Waals surface area contributed by atoms with E-state index < -0.39 is 0 Å². The normalized spacial score (nSPS) is 10.6. The summed E-state index contributed by atoms with van der Waals surface area (Å²) in [5, 5.41) is 4.89. The number of ketones is 1. The zero-order valence-corrected chi connectivity index (χ0v) is 11.4. The molecule has 0 saturated heterocycles. The lowest BCUT2D eigenvalue weighted by molar-refractivity contribution is 0.0993. The van der Waals surface area contributed by atoms with Crippen LogP contribution in [0.25, 0.3) is 0 Å². The maximum atomic E-state index is 12.1. The van der Waals surface area contributed by atoms with Gasteiger partial charge in [-0.1, -0.05) is 29.3 Å². The van der Waals surface area contributed by atoms with Crippen molar-refractivity contribution < 1.29 is 4.79 Å². The molecule has 94 valence electrons. The Morgan fingerprint density at radius 1 is 1.33 bits per heavy atom. The van der Waals surface area contributed by atoms with Gasteiger partial charge in [0, 0.05) is 19.2 Å². The minimum atomic E-state index is -0.0961. The number of Topliss-reactive ketones (excluding diaryl/α,β-unsaturated/α-hetero) is 1. The third kappa shape index (κ3) is 2.74. The number of carbonyl (C=O) groups excluding carboxylic acids is 1. The molecule has 0 unspecified atom stereocenters. The lowest BCUT2D eigenvalue weighted by Crippen LogP contribution is -2.04. The van der Waals surface area contributed by atoms with E-state index in [2.05, 4.69) is 5.10 Å². The van der Waals surface area contributed by atoms with Gasteiger partial charge < -0.3 is 0 Å². The van der Waals surface area contributed by atoms with Gasteiger partial charge in [0.15, 0.2) is 5.78 Å². The summed E-state index contributed by atoms with van der Waals surface area (Å²) in [5.41, 5.74) is 1.24. The molecule has 0 radical (unpaired) electrons. The average molecular weight is 283 g/mol. The van der Waals surface area contributed by atoms with Crippen LogP contribution in [0.4, 0.5) is 0 Å². The standard InChI is InChI=1S/C13H12Cl2N2O/c1-2-17-8-9(7-16-17)6-12(18)13-10(14)4-3-5-11(13)15/h3-5,7-8H,2,6H2,1H3. The summed E-state index contributed by atoms with van der Waals surface area (Å²) >= 11 is 12.0. The maximum absolute atomic E-state index is 12.1. The summed E-state index contributed by atoms with van der Waals surface area (Å²) in [6.45, 7) is 2.77. The molecule has 0 saturated carbocycles. The van der Waals surface area contributed by atoms with E-state index in [4.69, 9.17) is 23.2 Å². The van der Waals surface area contributed by atoms with E-state index in [1.807, 2.05) is 13.1 Å². The van der Waals surface area contributed by atoms with E-state index in [1.165, 1.54) is 0 Å². The van der Waals surface area contributed by atoms with Crippen molar-refractivity contribution in [3.63, 3.8) is 0 Å². The third-order valence-corrected chi connectivity index (χ3v) is 3.25. The zero-order valence-electron chi connectivity index (χ0n) is 9.86. The summed E-state index contributed by atoms with van der Waals surface area (Å²) in [6, 6.07) is 5.04. The van der Waals surface area contributed by atoms with E-state index in [0.717, 1.165) is 12.1 Å². The van der Waals surface area contributed by atoms with E-state index in [9.17, 15) is 4.79 Å². The molecule has 0 aliphatic heterocycles. The summed E-state index contributed by atoms with van der Waals surface area (Å²) in [5.74, 6) is -0.0961. The topological polar surface area (TPSA) is 34.9 Å². The number of benzene rings is 1. The number of aromatic nitrogens is 2. The highest BCUT2D eigenvalue weighted by molar-refractivity contribution is 6.39. The van der Waals surface area contributed by atoms with Gasteiger partial charge >= 0.3 is 0 Å². The van der Waals surface area contributed by atoms with Gasteiger partial charge in [0.1, 0.15) is 0 Å². The van der Waals surface area contributed by atoms with Crippen LogP contribution in [0.3, 0.4) is 0 Å². The first-order valence-corrected chi connectivity index (χ1v) is 6.36. The minimum absolute atomic E-state index is 0.0961. The maximum Gasteiger partial charge on any atom is 0.170 e. The second-order valence-electron chi connectivity index (χ2n) is 3.90. The number of rotatable bonds is 4. The number of aryl methyl sites for hydroxylation is 1. The first-order valence-electron chi connectivity index (χ1n) is 5.60. The van der Waals surface area contributed by atoms with Gasteiger partial charge in [0.25, 0.3) is 0 Å². The summed E-state index contributed by atoms with van der Waals surface area (Å²) < 4.78 is 1.77. The summed E-state index contributed by atoms with van der Waals surface area (Å²) in [7, 11) is 0. The highest BCUT2D eigenvalue weighted by Gasteiger charge is 2.15. The predicted octanol–water partition coefficient (Wildman–Crippen LogP) is 3.64. The molecule has 3 nitrogen and oxygen atoms in total. The van der Waals surface area contributed by atoms with Gasteiger partial charge in [-0.25, -0.2) is 0 Å². The molecule has 2 aromatic rings. The Labute approximate surface area is 115 Å². The van der Waals surface area contributed by atoms with Crippen molar-refractivity contribution in [3.8, 4) is 0 Å². The lowest BCUT2D eigenvalue weighted by Gasteiger charge is -2.04. The quantitative estimate of drug-likeness (QED) is 0.803. The van der Waals surface area contributed by atoms with Gasteiger partial charge in [0.2, 0.25) is 0 Å². The monoisotopic (exact) mass is 282 g/mol. The van der Waals surface area contributed by atoms with Crippen LogP contribution in [0.15, 0.2) is 30.6 Å². The molecule has 1 aromatic heterocycles. The fraction of sp³-hybridized carbons (Fsp3) is 0.231. The Balaban J connectivity index is 2.22. The van der Waals surface area contributed by atoms with Crippen LogP contribution in [0, 0.1) is 0 Å². The number of halogens is 2. The Morgan fingerprint density at radius 3 is 2.56 bits per heavy atom. The zero-order chi connectivity index (χ0) is 13.1. The molecule has 0 fully saturated rings. The van der Waals surface area contributed by atoms with Crippen molar-refractivity contribution in [1.82, 2.24) is 9.78 Å². The van der Waals surface area contributed by atoms with Crippen LogP contribution >= 0.6 is 23.2 Å². The predicted molar refractivity (Wildman–Crippen MR) is 72.4 cm³/mol. The summed E-state index contributed by atoms with van der Waals surface area (Å²) in [6.07, 6.45) is 3.79. The van der Waals surface area contributed by atoms with Crippen molar-refractivity contribution in [2.45, 2.75) is 19.9 Å². The highest BCUT2D eigenvalue weighted by atomic mass is 35.5. The largest absolute Gasteiger partial charge is 0.294 e. The molecule has 0 bridgehead atoms. The van der Waals surface area contributed by atoms with Gasteiger partial charge in [-0.3, -0.25) is 9.48 Å². The van der Waals surface area contributed by atoms with Crippen LogP contribution in [0.5, 0.6) is 0 Å². The molecular weight excluding hydrogens is 271 g/mol. The van der Waals surface area contributed by atoms with Gasteiger partial charge in [0.05, 0.1) is 21.8 Å². The first kappa shape index (κ1) is 13.1. The molecule has 0 aliphatic carbocycles. The number of hydrogen-bond acceptors (Lipinski definition) is 2. The molecule has 0 atom stereocenters. The molecule has 1 aromatic carbocycles. The van der Waals surface area contributed by atoms with E-state index in [0.29, 0.717) is 15.6 Å². The Morgan fingerprint density at radius 2 is 2.00 bits per heavy atom. The van der Waals surface area contributed by atoms with Gasteiger partial charge in [-0.2, -0.15) is 5.10 Å². The number of nitrogens with zero attached hydrogens (tertiary/aromatic N) is 2. The molecule has 1 heterocycles. The molecule has 0 amide bonds. The lowest BCUT2D eigenvalue weighted by atomic mass is 10.1. The van der Waals surface area contributed by atoms with Crippen molar-refractivity contribution in [3.05, 3.63) is 51.8 Å². The smallest absolute Gasteiger partial charge is 0.170 e. The van der Waals surface area contributed by atoms with E-state index in [-0.39, 0.29) is 12.2 Å². The van der Waals surface area contributed by atoms with E-state index >= 15 is 0 Å². The number of carbonyl (C=O) groups is 1. The molecule has 5 heteroatoms. The van der Waals surface area contributed by atoms with Crippen molar-refractivity contribution in [1.29, 1.82) is 0 Å². The fourth-order valence-electron chi connectivity index (χ4n) is 1.71. The minimum Gasteiger partial charge on any atom is -0.294 e. The number of hydrogen-bond donors (Lipinski definition) is 0. The van der Waals surface area contributed by atoms with Crippen LogP contribution in [-0.2, 0) is 13.0 Å². The van der Waals surface area contributed by atoms with E-state index in [1.54, 1.807) is 29.1 Å². The van der Waals surface area contributed by atoms with Crippen LogP contribution in [-0.4, -0.2) is 15.6 Å². The SMILES string of the molecule is CCn1cc(CC(=O)c2c(Cl)cccc2Cl)cn1. The van der Waals surface area contributed by atoms with Crippen LogP contribution < -0.4 is 0 Å². The van der Waals surface area contributed by atoms with Gasteiger partial charge in [-0.05, 0) is 24.6 Å². The fourth-order valence-corrected chi connectivity index (χ4v) is 2.32. The average Bonchev–Trinajstić information content (AvgIpc) is 2.76. The van der Waals surface area contributed by atoms with Crippen molar-refractivity contribution >= 4 is 29.0 Å². The molecule has 18 heavy (non-hydrogen) atoms. The first-order chi connectivity index (χ1) is 8.61. The van der Waals surface area contributed by atoms with Crippen molar-refractivity contribution in [2.24, 2.45) is 0 Å². The van der Waals surface area contributed by atoms with Crippen LogP contribution in [0.1, 0.15) is 22.8 Å². The molecule has 0 spiro atoms. The highest BCUT2D eigenvalue weighted by Crippen LogP contribution is 2.25. The van der Waals surface area contributed by atoms with Crippen LogP contribution in [0.2, 0.25) is 10.0 Å². The van der Waals surface area contributed by atoms with Gasteiger partial charge in [-0.15, -0.1) is 0 Å². The van der Waals surface area contributed by atoms with Crippen molar-refractivity contribution in [2.75, 3.05) is 0 Å². The third-order valence-electron chi connectivity index (χ3n) is 2.62. The Bertz CT molecular complexity index is 558. The molecule has 0 aliphatic rings. The Kier molecular flexibility index (Phi) is 4.04. The molecule has 2 rings (SSSR count). The molecular formula is C13H12Cl2N2O.